The van der Waals surface area contributed by atoms with Crippen molar-refractivity contribution < 1.29 is 4.74 Å². The number of ether oxygens (including phenoxy) is 1. The monoisotopic (exact) mass is 201 g/mol. The van der Waals surface area contributed by atoms with Crippen LogP contribution in [0.15, 0.2) is 0 Å². The molecule has 0 atom stereocenters. The minimum Gasteiger partial charge on any atom is -0.380 e. The average Bonchev–Trinajstić information content (AvgIpc) is 2.12. The first-order valence-electron chi connectivity index (χ1n) is 6.00. The third-order valence-corrected chi connectivity index (χ3v) is 2.08. The Hall–Kier alpha value is -0.0800. The Morgan fingerprint density at radius 2 is 1.57 bits per heavy atom. The van der Waals surface area contributed by atoms with Gasteiger partial charge in [0.1, 0.15) is 0 Å². The van der Waals surface area contributed by atoms with E-state index in [1.165, 1.54) is 25.9 Å². The highest BCUT2D eigenvalue weighted by molar-refractivity contribution is 4.55. The Labute approximate surface area is 89.6 Å². The van der Waals surface area contributed by atoms with Gasteiger partial charge in [0.15, 0.2) is 0 Å². The molecule has 0 saturated carbocycles. The summed E-state index contributed by atoms with van der Waals surface area (Å²) in [5, 5.41) is 0. The fraction of sp³-hybridized carbons (Fsp3) is 1.00. The quantitative estimate of drug-likeness (QED) is 0.532. The van der Waals surface area contributed by atoms with Gasteiger partial charge in [0.25, 0.3) is 0 Å². The molecule has 0 unspecified atom stereocenters. The third-order valence-electron chi connectivity index (χ3n) is 2.08. The van der Waals surface area contributed by atoms with Crippen molar-refractivity contribution in [2.24, 2.45) is 5.92 Å². The van der Waals surface area contributed by atoms with Crippen molar-refractivity contribution in [1.82, 2.24) is 4.90 Å². The van der Waals surface area contributed by atoms with Crippen molar-refractivity contribution in [2.45, 2.75) is 40.5 Å². The van der Waals surface area contributed by atoms with E-state index in [0.29, 0.717) is 5.92 Å². The maximum atomic E-state index is 5.58. The van der Waals surface area contributed by atoms with Gasteiger partial charge in [-0.25, -0.2) is 0 Å². The summed E-state index contributed by atoms with van der Waals surface area (Å²) in [6, 6.07) is 0. The lowest BCUT2D eigenvalue weighted by atomic mass is 10.2. The molecule has 2 heteroatoms. The van der Waals surface area contributed by atoms with E-state index in [-0.39, 0.29) is 0 Å². The molecule has 14 heavy (non-hydrogen) atoms. The fourth-order valence-corrected chi connectivity index (χ4v) is 1.48. The zero-order valence-corrected chi connectivity index (χ0v) is 10.4. The maximum absolute atomic E-state index is 5.58. The molecule has 0 amide bonds. The van der Waals surface area contributed by atoms with E-state index in [1.807, 2.05) is 0 Å². The molecule has 0 aromatic rings. The van der Waals surface area contributed by atoms with E-state index in [0.717, 1.165) is 19.8 Å². The normalized spacial score (nSPS) is 11.6. The van der Waals surface area contributed by atoms with E-state index in [4.69, 9.17) is 4.74 Å². The standard InChI is InChI=1S/C12H27NO/c1-5-7-13(8-6-2)9-10-14-11-12(3)4/h12H,5-11H2,1-4H3. The minimum absolute atomic E-state index is 0.654. The molecule has 0 aliphatic heterocycles. The molecule has 0 N–H and O–H groups in total. The van der Waals surface area contributed by atoms with Crippen LogP contribution >= 0.6 is 0 Å². The third kappa shape index (κ3) is 8.52. The SMILES string of the molecule is CCCN(CCC)CCOCC(C)C. The molecule has 0 aliphatic rings. The summed E-state index contributed by atoms with van der Waals surface area (Å²) in [7, 11) is 0. The smallest absolute Gasteiger partial charge is 0.0593 e. The molecular formula is C12H27NO. The van der Waals surface area contributed by atoms with Crippen LogP contribution in [0.5, 0.6) is 0 Å². The van der Waals surface area contributed by atoms with Gasteiger partial charge in [-0.2, -0.15) is 0 Å². The van der Waals surface area contributed by atoms with Crippen molar-refractivity contribution in [1.29, 1.82) is 0 Å². The van der Waals surface area contributed by atoms with Crippen LogP contribution < -0.4 is 0 Å². The molecule has 0 aromatic carbocycles. The summed E-state index contributed by atoms with van der Waals surface area (Å²) in [4.78, 5) is 2.49. The number of rotatable bonds is 9. The minimum atomic E-state index is 0.654. The van der Waals surface area contributed by atoms with Crippen molar-refractivity contribution in [3.63, 3.8) is 0 Å². The van der Waals surface area contributed by atoms with Crippen LogP contribution in [0.2, 0.25) is 0 Å². The van der Waals surface area contributed by atoms with E-state index in [2.05, 4.69) is 32.6 Å². The second kappa shape index (κ2) is 9.47. The Bertz CT molecular complexity index is 109. The summed E-state index contributed by atoms with van der Waals surface area (Å²) in [5.74, 6) is 0.654. The number of hydrogen-bond donors (Lipinski definition) is 0. The van der Waals surface area contributed by atoms with Gasteiger partial charge in [-0.15, -0.1) is 0 Å². The topological polar surface area (TPSA) is 12.5 Å². The predicted molar refractivity (Wildman–Crippen MR) is 62.7 cm³/mol. The lowest BCUT2D eigenvalue weighted by molar-refractivity contribution is 0.0853. The molecule has 0 saturated heterocycles. The van der Waals surface area contributed by atoms with Gasteiger partial charge in [-0.3, -0.25) is 0 Å². The van der Waals surface area contributed by atoms with Crippen LogP contribution in [-0.4, -0.2) is 37.7 Å². The molecule has 86 valence electrons. The first-order valence-corrected chi connectivity index (χ1v) is 6.00. The number of nitrogens with zero attached hydrogens (tertiary/aromatic N) is 1. The molecule has 0 spiro atoms. The molecule has 0 aliphatic carbocycles. The van der Waals surface area contributed by atoms with Crippen molar-refractivity contribution in [3.8, 4) is 0 Å². The maximum Gasteiger partial charge on any atom is 0.0593 e. The first-order chi connectivity index (χ1) is 6.70. The van der Waals surface area contributed by atoms with Gasteiger partial charge in [-0.05, 0) is 31.8 Å². The van der Waals surface area contributed by atoms with E-state index in [1.54, 1.807) is 0 Å². The molecule has 0 rings (SSSR count). The second-order valence-corrected chi connectivity index (χ2v) is 4.31. The van der Waals surface area contributed by atoms with Crippen LogP contribution in [0.4, 0.5) is 0 Å². The zero-order valence-electron chi connectivity index (χ0n) is 10.4. The summed E-state index contributed by atoms with van der Waals surface area (Å²) >= 11 is 0. The number of hydrogen-bond acceptors (Lipinski definition) is 2. The molecule has 0 aromatic heterocycles. The van der Waals surface area contributed by atoms with Crippen LogP contribution in [-0.2, 0) is 4.74 Å². The predicted octanol–water partition coefficient (Wildman–Crippen LogP) is 2.78. The van der Waals surface area contributed by atoms with Gasteiger partial charge in [0.05, 0.1) is 6.61 Å². The second-order valence-electron chi connectivity index (χ2n) is 4.31. The van der Waals surface area contributed by atoms with Crippen LogP contribution in [0.3, 0.4) is 0 Å². The van der Waals surface area contributed by atoms with Gasteiger partial charge in [0, 0.05) is 13.2 Å². The van der Waals surface area contributed by atoms with Crippen molar-refractivity contribution in [2.75, 3.05) is 32.8 Å². The van der Waals surface area contributed by atoms with Crippen molar-refractivity contribution >= 4 is 0 Å². The Kier molecular flexibility index (Phi) is 9.42. The average molecular weight is 201 g/mol. The highest BCUT2D eigenvalue weighted by atomic mass is 16.5. The Balaban J connectivity index is 3.40. The van der Waals surface area contributed by atoms with E-state index < -0.39 is 0 Å². The van der Waals surface area contributed by atoms with Gasteiger partial charge < -0.3 is 9.64 Å². The molecule has 0 radical (unpaired) electrons. The van der Waals surface area contributed by atoms with Gasteiger partial charge in [0.2, 0.25) is 0 Å². The summed E-state index contributed by atoms with van der Waals surface area (Å²) < 4.78 is 5.58. The summed E-state index contributed by atoms with van der Waals surface area (Å²) in [6.07, 6.45) is 2.48. The van der Waals surface area contributed by atoms with E-state index >= 15 is 0 Å². The van der Waals surface area contributed by atoms with Crippen molar-refractivity contribution in [3.05, 3.63) is 0 Å². The Morgan fingerprint density at radius 1 is 1.00 bits per heavy atom. The zero-order chi connectivity index (χ0) is 10.8. The molecule has 0 bridgehead atoms. The van der Waals surface area contributed by atoms with Crippen LogP contribution in [0.25, 0.3) is 0 Å². The van der Waals surface area contributed by atoms with Gasteiger partial charge in [-0.1, -0.05) is 27.7 Å². The highest BCUT2D eigenvalue weighted by Gasteiger charge is 2.02. The van der Waals surface area contributed by atoms with E-state index in [9.17, 15) is 0 Å². The van der Waals surface area contributed by atoms with Gasteiger partial charge >= 0.3 is 0 Å². The van der Waals surface area contributed by atoms with Crippen LogP contribution in [0, 0.1) is 5.92 Å². The molecular weight excluding hydrogens is 174 g/mol. The first kappa shape index (κ1) is 13.9. The summed E-state index contributed by atoms with van der Waals surface area (Å²) in [6.45, 7) is 14.1. The van der Waals surface area contributed by atoms with Crippen LogP contribution in [0.1, 0.15) is 40.5 Å². The largest absolute Gasteiger partial charge is 0.380 e. The molecule has 2 nitrogen and oxygen atoms in total. The lowest BCUT2D eigenvalue weighted by Crippen LogP contribution is -2.29. The Morgan fingerprint density at radius 3 is 2.00 bits per heavy atom. The summed E-state index contributed by atoms with van der Waals surface area (Å²) in [5.41, 5.74) is 0. The molecule has 0 fully saturated rings. The molecule has 0 heterocycles. The lowest BCUT2D eigenvalue weighted by Gasteiger charge is -2.20. The fourth-order valence-electron chi connectivity index (χ4n) is 1.48. The highest BCUT2D eigenvalue weighted by Crippen LogP contribution is 1.96.